The van der Waals surface area contributed by atoms with Crippen molar-refractivity contribution >= 4 is 28.7 Å². The van der Waals surface area contributed by atoms with Crippen molar-refractivity contribution in [2.75, 3.05) is 37.6 Å². The second kappa shape index (κ2) is 5.40. The smallest absolute Gasteiger partial charge is 0.213 e. The Labute approximate surface area is 120 Å². The highest BCUT2D eigenvalue weighted by Crippen LogP contribution is 2.29. The van der Waals surface area contributed by atoms with Gasteiger partial charge in [-0.15, -0.1) is 0 Å². The Morgan fingerprint density at radius 2 is 2.11 bits per heavy atom. The van der Waals surface area contributed by atoms with Crippen molar-refractivity contribution in [3.8, 4) is 10.7 Å². The second-order valence-electron chi connectivity index (χ2n) is 4.44. The summed E-state index contributed by atoms with van der Waals surface area (Å²) in [5, 5.41) is 6.83. The first-order valence-corrected chi connectivity index (χ1v) is 7.57. The van der Waals surface area contributed by atoms with Crippen LogP contribution < -0.4 is 4.90 Å². The van der Waals surface area contributed by atoms with Crippen molar-refractivity contribution in [1.29, 1.82) is 0 Å². The van der Waals surface area contributed by atoms with E-state index in [-0.39, 0.29) is 0 Å². The SMILES string of the molecule is CCN1CCN(c2ncc(-c3nc(=S)[nH][nH]3)s2)CC1. The van der Waals surface area contributed by atoms with E-state index in [0.29, 0.717) is 4.77 Å². The minimum absolute atomic E-state index is 0.474. The molecule has 3 heterocycles. The highest BCUT2D eigenvalue weighted by molar-refractivity contribution is 7.71. The summed E-state index contributed by atoms with van der Waals surface area (Å²) >= 11 is 6.61. The van der Waals surface area contributed by atoms with Crippen LogP contribution in [0.2, 0.25) is 0 Å². The van der Waals surface area contributed by atoms with Crippen LogP contribution in [0.5, 0.6) is 0 Å². The number of anilines is 1. The van der Waals surface area contributed by atoms with Crippen molar-refractivity contribution in [1.82, 2.24) is 25.1 Å². The van der Waals surface area contributed by atoms with Gasteiger partial charge in [0.25, 0.3) is 0 Å². The highest BCUT2D eigenvalue weighted by atomic mass is 32.1. The zero-order valence-corrected chi connectivity index (χ0v) is 12.4. The number of nitrogens with one attached hydrogen (secondary N) is 2. The van der Waals surface area contributed by atoms with Gasteiger partial charge in [0.15, 0.2) is 11.0 Å². The first-order valence-electron chi connectivity index (χ1n) is 6.34. The number of hydrogen-bond acceptors (Lipinski definition) is 6. The van der Waals surface area contributed by atoms with E-state index in [1.807, 2.05) is 6.20 Å². The van der Waals surface area contributed by atoms with Crippen molar-refractivity contribution in [2.24, 2.45) is 0 Å². The Morgan fingerprint density at radius 3 is 2.74 bits per heavy atom. The van der Waals surface area contributed by atoms with Crippen molar-refractivity contribution in [3.05, 3.63) is 11.0 Å². The molecule has 0 bridgehead atoms. The Hall–Kier alpha value is -1.25. The molecule has 0 radical (unpaired) electrons. The third kappa shape index (κ3) is 2.70. The largest absolute Gasteiger partial charge is 0.346 e. The molecule has 0 spiro atoms. The monoisotopic (exact) mass is 296 g/mol. The van der Waals surface area contributed by atoms with Gasteiger partial charge in [0.05, 0.1) is 11.1 Å². The van der Waals surface area contributed by atoms with Crippen LogP contribution in [0.3, 0.4) is 0 Å². The Bertz CT molecular complexity index is 592. The summed E-state index contributed by atoms with van der Waals surface area (Å²) in [6.07, 6.45) is 1.85. The molecule has 0 aromatic carbocycles. The number of rotatable bonds is 3. The molecule has 6 nitrogen and oxygen atoms in total. The second-order valence-corrected chi connectivity index (χ2v) is 5.84. The van der Waals surface area contributed by atoms with Crippen LogP contribution in [-0.2, 0) is 0 Å². The van der Waals surface area contributed by atoms with E-state index in [1.54, 1.807) is 11.3 Å². The van der Waals surface area contributed by atoms with Crippen LogP contribution >= 0.6 is 23.6 Å². The van der Waals surface area contributed by atoms with Gasteiger partial charge in [-0.25, -0.2) is 4.98 Å². The lowest BCUT2D eigenvalue weighted by Gasteiger charge is -2.33. The lowest BCUT2D eigenvalue weighted by molar-refractivity contribution is 0.271. The van der Waals surface area contributed by atoms with Crippen LogP contribution in [0.1, 0.15) is 6.92 Å². The third-order valence-electron chi connectivity index (χ3n) is 3.32. The predicted molar refractivity (Wildman–Crippen MR) is 79.2 cm³/mol. The van der Waals surface area contributed by atoms with Gasteiger partial charge in [-0.05, 0) is 18.8 Å². The van der Waals surface area contributed by atoms with Gasteiger partial charge in [-0.2, -0.15) is 4.98 Å². The maximum Gasteiger partial charge on any atom is 0.213 e. The lowest BCUT2D eigenvalue weighted by Crippen LogP contribution is -2.46. The van der Waals surface area contributed by atoms with Gasteiger partial charge in [-0.3, -0.25) is 10.2 Å². The number of piperazine rings is 1. The molecule has 2 aromatic rings. The molecule has 19 heavy (non-hydrogen) atoms. The fourth-order valence-electron chi connectivity index (χ4n) is 2.16. The molecule has 0 atom stereocenters. The number of thiazole rings is 1. The van der Waals surface area contributed by atoms with E-state index in [1.165, 1.54) is 0 Å². The fraction of sp³-hybridized carbons (Fsp3) is 0.545. The van der Waals surface area contributed by atoms with Crippen LogP contribution in [0, 0.1) is 4.77 Å². The van der Waals surface area contributed by atoms with Crippen molar-refractivity contribution < 1.29 is 0 Å². The molecule has 2 aromatic heterocycles. The number of aromatic nitrogens is 4. The summed E-state index contributed by atoms with van der Waals surface area (Å²) in [5.74, 6) is 0.765. The van der Waals surface area contributed by atoms with E-state index < -0.39 is 0 Å². The molecule has 0 unspecified atom stereocenters. The molecular formula is C11H16N6S2. The van der Waals surface area contributed by atoms with E-state index in [4.69, 9.17) is 12.2 Å². The zero-order valence-electron chi connectivity index (χ0n) is 10.7. The van der Waals surface area contributed by atoms with E-state index in [0.717, 1.165) is 48.6 Å². The number of nitrogens with zero attached hydrogens (tertiary/aromatic N) is 4. The molecule has 1 aliphatic rings. The topological polar surface area (TPSA) is 63.8 Å². The quantitative estimate of drug-likeness (QED) is 0.845. The average Bonchev–Trinajstić information content (AvgIpc) is 3.07. The summed E-state index contributed by atoms with van der Waals surface area (Å²) < 4.78 is 0.474. The summed E-state index contributed by atoms with van der Waals surface area (Å²) in [6.45, 7) is 7.62. The highest BCUT2D eigenvalue weighted by Gasteiger charge is 2.19. The molecule has 1 saturated heterocycles. The van der Waals surface area contributed by atoms with Gasteiger partial charge in [0.1, 0.15) is 0 Å². The van der Waals surface area contributed by atoms with E-state index in [2.05, 4.69) is 36.9 Å². The van der Waals surface area contributed by atoms with Crippen LogP contribution in [0.25, 0.3) is 10.7 Å². The van der Waals surface area contributed by atoms with Gasteiger partial charge < -0.3 is 9.80 Å². The number of likely N-dealkylation sites (N-methyl/N-ethyl adjacent to an activating group) is 1. The van der Waals surface area contributed by atoms with Crippen molar-refractivity contribution in [2.45, 2.75) is 6.92 Å². The zero-order chi connectivity index (χ0) is 13.2. The summed E-state index contributed by atoms with van der Waals surface area (Å²) in [5.41, 5.74) is 0. The molecular weight excluding hydrogens is 280 g/mol. The summed E-state index contributed by atoms with van der Waals surface area (Å²) in [6, 6.07) is 0. The van der Waals surface area contributed by atoms with Gasteiger partial charge >= 0.3 is 0 Å². The number of aromatic amines is 2. The maximum atomic E-state index is 4.96. The molecule has 1 aliphatic heterocycles. The van der Waals surface area contributed by atoms with Crippen LogP contribution in [-0.4, -0.2) is 57.8 Å². The van der Waals surface area contributed by atoms with Crippen LogP contribution in [0.4, 0.5) is 5.13 Å². The van der Waals surface area contributed by atoms with Crippen LogP contribution in [0.15, 0.2) is 6.20 Å². The minimum atomic E-state index is 0.474. The lowest BCUT2D eigenvalue weighted by atomic mass is 10.3. The van der Waals surface area contributed by atoms with Crippen molar-refractivity contribution in [3.63, 3.8) is 0 Å². The molecule has 0 saturated carbocycles. The fourth-order valence-corrected chi connectivity index (χ4v) is 3.22. The molecule has 2 N–H and O–H groups in total. The summed E-state index contributed by atoms with van der Waals surface area (Å²) in [7, 11) is 0. The van der Waals surface area contributed by atoms with E-state index in [9.17, 15) is 0 Å². The van der Waals surface area contributed by atoms with E-state index >= 15 is 0 Å². The molecule has 8 heteroatoms. The molecule has 3 rings (SSSR count). The first kappa shape index (κ1) is 12.8. The Kier molecular flexibility index (Phi) is 3.63. The molecule has 102 valence electrons. The Morgan fingerprint density at radius 1 is 1.32 bits per heavy atom. The molecule has 0 aliphatic carbocycles. The molecule has 0 amide bonds. The standard InChI is InChI=1S/C11H16N6S2/c1-2-16-3-5-17(6-4-16)11-12-7-8(19-11)9-13-10(18)15-14-9/h7H,2-6H2,1H3,(H2,13,14,15,18). The van der Waals surface area contributed by atoms with Gasteiger partial charge in [-0.1, -0.05) is 18.3 Å². The molecule has 1 fully saturated rings. The average molecular weight is 296 g/mol. The van der Waals surface area contributed by atoms with Gasteiger partial charge in [0, 0.05) is 26.2 Å². The number of hydrogen-bond donors (Lipinski definition) is 2. The van der Waals surface area contributed by atoms with Gasteiger partial charge in [0.2, 0.25) is 4.77 Å². The maximum absolute atomic E-state index is 4.96. The minimum Gasteiger partial charge on any atom is -0.346 e. The number of H-pyrrole nitrogens is 2. The third-order valence-corrected chi connectivity index (χ3v) is 4.58. The normalized spacial score (nSPS) is 17.0. The summed E-state index contributed by atoms with van der Waals surface area (Å²) in [4.78, 5) is 14.5. The first-order chi connectivity index (χ1) is 9.26. The Balaban J connectivity index is 1.73. The predicted octanol–water partition coefficient (Wildman–Crippen LogP) is 1.73.